The van der Waals surface area contributed by atoms with Crippen molar-refractivity contribution in [2.24, 2.45) is 0 Å². The number of hydrogen-bond acceptors (Lipinski definition) is 1. The van der Waals surface area contributed by atoms with E-state index in [2.05, 4.69) is 6.08 Å². The van der Waals surface area contributed by atoms with Crippen molar-refractivity contribution in [3.63, 3.8) is 0 Å². The number of fused-ring (bicyclic) bond motifs is 1. The molecule has 1 atom stereocenters. The van der Waals surface area contributed by atoms with E-state index < -0.39 is 0 Å². The summed E-state index contributed by atoms with van der Waals surface area (Å²) in [6.45, 7) is 0. The zero-order valence-electron chi connectivity index (χ0n) is 9.96. The van der Waals surface area contributed by atoms with E-state index in [4.69, 9.17) is 16.0 Å². The standard InChI is InChI=1S/C15H14ClFO/c16-12-4-2-1-3-10(7-12)15-9-11-8-13(17)5-6-14(11)18-15/h5-9,12H,1-4H2. The topological polar surface area (TPSA) is 13.1 Å². The Morgan fingerprint density at radius 2 is 2.11 bits per heavy atom. The van der Waals surface area contributed by atoms with Gasteiger partial charge in [0.15, 0.2) is 0 Å². The van der Waals surface area contributed by atoms with Crippen LogP contribution in [0.15, 0.2) is 34.8 Å². The molecule has 3 heteroatoms. The fraction of sp³-hybridized carbons (Fsp3) is 0.333. The summed E-state index contributed by atoms with van der Waals surface area (Å²) in [5, 5.41) is 0.883. The molecular formula is C15H14ClFO. The molecule has 0 amide bonds. The average molecular weight is 265 g/mol. The van der Waals surface area contributed by atoms with Gasteiger partial charge >= 0.3 is 0 Å². The van der Waals surface area contributed by atoms with Crippen molar-refractivity contribution in [1.82, 2.24) is 0 Å². The quantitative estimate of drug-likeness (QED) is 0.650. The summed E-state index contributed by atoms with van der Waals surface area (Å²) >= 11 is 6.21. The Balaban J connectivity index is 2.03. The molecule has 0 spiro atoms. The van der Waals surface area contributed by atoms with Crippen molar-refractivity contribution in [3.8, 4) is 0 Å². The van der Waals surface area contributed by atoms with Gasteiger partial charge in [0.1, 0.15) is 17.2 Å². The SMILES string of the molecule is Fc1ccc2oc(C3=CC(Cl)CCCC3)cc2c1. The van der Waals surface area contributed by atoms with Crippen LogP contribution < -0.4 is 0 Å². The molecule has 1 aliphatic rings. The molecule has 0 saturated heterocycles. The number of rotatable bonds is 1. The van der Waals surface area contributed by atoms with Crippen LogP contribution in [0, 0.1) is 5.82 Å². The molecule has 0 aliphatic heterocycles. The molecule has 1 heterocycles. The van der Waals surface area contributed by atoms with Crippen molar-refractivity contribution >= 4 is 28.1 Å². The highest BCUT2D eigenvalue weighted by atomic mass is 35.5. The lowest BCUT2D eigenvalue weighted by Crippen LogP contribution is -1.90. The van der Waals surface area contributed by atoms with Crippen molar-refractivity contribution in [1.29, 1.82) is 0 Å². The fourth-order valence-corrected chi connectivity index (χ4v) is 2.72. The molecule has 0 bridgehead atoms. The summed E-state index contributed by atoms with van der Waals surface area (Å²) in [6.07, 6.45) is 6.33. The molecule has 1 aromatic carbocycles. The van der Waals surface area contributed by atoms with Crippen LogP contribution in [-0.2, 0) is 0 Å². The molecule has 1 aliphatic carbocycles. The average Bonchev–Trinajstić information content (AvgIpc) is 2.63. The molecule has 94 valence electrons. The monoisotopic (exact) mass is 264 g/mol. The molecule has 0 saturated carbocycles. The smallest absolute Gasteiger partial charge is 0.135 e. The summed E-state index contributed by atoms with van der Waals surface area (Å²) in [5.74, 6) is 0.586. The van der Waals surface area contributed by atoms with Gasteiger partial charge in [-0.1, -0.05) is 12.5 Å². The zero-order chi connectivity index (χ0) is 12.5. The molecule has 3 rings (SSSR count). The summed E-state index contributed by atoms with van der Waals surface area (Å²) in [6, 6.07) is 6.49. The Morgan fingerprint density at radius 3 is 3.00 bits per heavy atom. The molecule has 0 N–H and O–H groups in total. The van der Waals surface area contributed by atoms with Crippen molar-refractivity contribution in [2.75, 3.05) is 0 Å². The number of alkyl halides is 1. The summed E-state index contributed by atoms with van der Waals surface area (Å²) < 4.78 is 18.9. The second kappa shape index (κ2) is 4.77. The Labute approximate surface area is 110 Å². The molecule has 1 aromatic heterocycles. The number of hydrogen-bond donors (Lipinski definition) is 0. The fourth-order valence-electron chi connectivity index (χ4n) is 2.42. The summed E-state index contributed by atoms with van der Waals surface area (Å²) in [5.41, 5.74) is 1.87. The largest absolute Gasteiger partial charge is 0.456 e. The van der Waals surface area contributed by atoms with Crippen molar-refractivity contribution < 1.29 is 8.81 Å². The molecule has 0 radical (unpaired) electrons. The van der Waals surface area contributed by atoms with Gasteiger partial charge in [-0.05, 0) is 49.1 Å². The van der Waals surface area contributed by atoms with E-state index in [0.717, 1.165) is 48.0 Å². The van der Waals surface area contributed by atoms with Gasteiger partial charge in [0.25, 0.3) is 0 Å². The lowest BCUT2D eigenvalue weighted by Gasteiger charge is -2.01. The van der Waals surface area contributed by atoms with Crippen LogP contribution in [0.1, 0.15) is 31.4 Å². The van der Waals surface area contributed by atoms with Crippen molar-refractivity contribution in [2.45, 2.75) is 31.1 Å². The van der Waals surface area contributed by atoms with E-state index in [9.17, 15) is 4.39 Å². The van der Waals surface area contributed by atoms with Gasteiger partial charge in [-0.3, -0.25) is 0 Å². The Hall–Kier alpha value is -1.28. The first-order chi connectivity index (χ1) is 8.72. The normalized spacial score (nSPS) is 20.8. The van der Waals surface area contributed by atoms with Crippen LogP contribution >= 0.6 is 11.6 Å². The van der Waals surface area contributed by atoms with Gasteiger partial charge in [-0.2, -0.15) is 0 Å². The summed E-state index contributed by atoms with van der Waals surface area (Å²) in [7, 11) is 0. The van der Waals surface area contributed by atoms with Gasteiger partial charge in [0.05, 0.1) is 5.38 Å². The Morgan fingerprint density at radius 1 is 1.22 bits per heavy atom. The third-order valence-corrected chi connectivity index (χ3v) is 3.70. The van der Waals surface area contributed by atoms with Gasteiger partial charge in [-0.25, -0.2) is 4.39 Å². The van der Waals surface area contributed by atoms with Crippen LogP contribution in [0.4, 0.5) is 4.39 Å². The molecule has 0 fully saturated rings. The van der Waals surface area contributed by atoms with Gasteiger partial charge in [-0.15, -0.1) is 11.6 Å². The number of benzene rings is 1. The van der Waals surface area contributed by atoms with E-state index in [1.807, 2.05) is 6.07 Å². The predicted molar refractivity (Wildman–Crippen MR) is 72.3 cm³/mol. The van der Waals surface area contributed by atoms with E-state index in [1.54, 1.807) is 6.07 Å². The minimum absolute atomic E-state index is 0.0763. The van der Waals surface area contributed by atoms with Crippen LogP contribution in [0.2, 0.25) is 0 Å². The Kier molecular flexibility index (Phi) is 3.13. The number of allylic oxidation sites excluding steroid dienone is 2. The lowest BCUT2D eigenvalue weighted by atomic mass is 10.1. The van der Waals surface area contributed by atoms with E-state index >= 15 is 0 Å². The number of halogens is 2. The van der Waals surface area contributed by atoms with Gasteiger partial charge in [0, 0.05) is 5.39 Å². The molecule has 18 heavy (non-hydrogen) atoms. The van der Waals surface area contributed by atoms with Crippen LogP contribution in [0.25, 0.3) is 16.5 Å². The van der Waals surface area contributed by atoms with Crippen LogP contribution in [0.3, 0.4) is 0 Å². The third-order valence-electron chi connectivity index (χ3n) is 3.35. The highest BCUT2D eigenvalue weighted by Crippen LogP contribution is 2.32. The highest BCUT2D eigenvalue weighted by Gasteiger charge is 2.14. The molecule has 1 unspecified atom stereocenters. The second-order valence-electron chi connectivity index (χ2n) is 4.75. The van der Waals surface area contributed by atoms with Gasteiger partial charge < -0.3 is 4.42 Å². The first-order valence-electron chi connectivity index (χ1n) is 6.26. The number of furan rings is 1. The molecular weight excluding hydrogens is 251 g/mol. The highest BCUT2D eigenvalue weighted by molar-refractivity contribution is 6.22. The third kappa shape index (κ3) is 2.30. The van der Waals surface area contributed by atoms with Crippen molar-refractivity contribution in [3.05, 3.63) is 41.9 Å². The maximum absolute atomic E-state index is 13.1. The second-order valence-corrected chi connectivity index (χ2v) is 5.31. The maximum atomic E-state index is 13.1. The maximum Gasteiger partial charge on any atom is 0.135 e. The molecule has 1 nitrogen and oxygen atoms in total. The van der Waals surface area contributed by atoms with Crippen LogP contribution in [0.5, 0.6) is 0 Å². The summed E-state index contributed by atoms with van der Waals surface area (Å²) in [4.78, 5) is 0. The minimum atomic E-state index is -0.236. The van der Waals surface area contributed by atoms with E-state index in [0.29, 0.717) is 0 Å². The van der Waals surface area contributed by atoms with E-state index in [-0.39, 0.29) is 11.2 Å². The lowest BCUT2D eigenvalue weighted by molar-refractivity contribution is 0.591. The van der Waals surface area contributed by atoms with Gasteiger partial charge in [0.2, 0.25) is 0 Å². The predicted octanol–water partition coefficient (Wildman–Crippen LogP) is 5.14. The zero-order valence-corrected chi connectivity index (χ0v) is 10.7. The molecule has 2 aromatic rings. The Bertz CT molecular complexity index is 600. The minimum Gasteiger partial charge on any atom is -0.456 e. The van der Waals surface area contributed by atoms with E-state index in [1.165, 1.54) is 12.1 Å². The first-order valence-corrected chi connectivity index (χ1v) is 6.70. The first kappa shape index (κ1) is 11.8. The van der Waals surface area contributed by atoms with Crippen LogP contribution in [-0.4, -0.2) is 5.38 Å².